The van der Waals surface area contributed by atoms with Crippen molar-refractivity contribution in [2.75, 3.05) is 18.6 Å². The van der Waals surface area contributed by atoms with E-state index in [0.29, 0.717) is 21.6 Å². The van der Waals surface area contributed by atoms with Crippen LogP contribution in [0.1, 0.15) is 5.56 Å². The Morgan fingerprint density at radius 3 is 2.44 bits per heavy atom. The Bertz CT molecular complexity index is 1220. The van der Waals surface area contributed by atoms with Gasteiger partial charge in [0.1, 0.15) is 6.07 Å². The van der Waals surface area contributed by atoms with Gasteiger partial charge in [-0.1, -0.05) is 42.5 Å². The number of amides is 1. The van der Waals surface area contributed by atoms with Crippen LogP contribution in [0, 0.1) is 11.3 Å². The van der Waals surface area contributed by atoms with E-state index in [4.69, 9.17) is 19.7 Å². The molecule has 32 heavy (non-hydrogen) atoms. The second-order valence-corrected chi connectivity index (χ2v) is 7.68. The first-order valence-corrected chi connectivity index (χ1v) is 10.6. The van der Waals surface area contributed by atoms with Crippen molar-refractivity contribution >= 4 is 40.3 Å². The number of nitrogens with zero attached hydrogens (tertiary/aromatic N) is 3. The first kappa shape index (κ1) is 21.2. The number of para-hydroxylation sites is 2. The Kier molecular flexibility index (Phi) is 6.54. The van der Waals surface area contributed by atoms with E-state index >= 15 is 0 Å². The summed E-state index contributed by atoms with van der Waals surface area (Å²) >= 11 is 1.32. The summed E-state index contributed by atoms with van der Waals surface area (Å²) in [6.45, 7) is -0.0729. The summed E-state index contributed by atoms with van der Waals surface area (Å²) < 4.78 is 10.8. The number of thioether (sulfide) groups is 1. The molecule has 0 spiro atoms. The van der Waals surface area contributed by atoms with Crippen LogP contribution >= 0.6 is 11.8 Å². The number of anilines is 1. The molecule has 0 aromatic heterocycles. The third kappa shape index (κ3) is 4.66. The van der Waals surface area contributed by atoms with Crippen LogP contribution in [-0.2, 0) is 4.79 Å². The SMILES string of the molecule is COc1cc(/C=C2\SC(=Nc3ccccc3)N(c3ccccc3)C2=O)ccc1OCC#N. The lowest BCUT2D eigenvalue weighted by atomic mass is 10.2. The highest BCUT2D eigenvalue weighted by atomic mass is 32.2. The summed E-state index contributed by atoms with van der Waals surface area (Å²) in [4.78, 5) is 20.2. The Hall–Kier alpha value is -4.02. The summed E-state index contributed by atoms with van der Waals surface area (Å²) in [7, 11) is 1.53. The lowest BCUT2D eigenvalue weighted by Crippen LogP contribution is -2.28. The van der Waals surface area contributed by atoms with Crippen LogP contribution in [0.5, 0.6) is 11.5 Å². The molecule has 158 valence electrons. The molecule has 0 radical (unpaired) electrons. The minimum atomic E-state index is -0.153. The number of amidine groups is 1. The molecule has 0 unspecified atom stereocenters. The van der Waals surface area contributed by atoms with Crippen molar-refractivity contribution in [3.8, 4) is 17.6 Å². The molecule has 1 aliphatic rings. The Morgan fingerprint density at radius 1 is 1.03 bits per heavy atom. The highest BCUT2D eigenvalue weighted by molar-refractivity contribution is 8.19. The van der Waals surface area contributed by atoms with E-state index in [2.05, 4.69) is 0 Å². The fourth-order valence-electron chi connectivity index (χ4n) is 3.12. The van der Waals surface area contributed by atoms with Crippen LogP contribution < -0.4 is 14.4 Å². The van der Waals surface area contributed by atoms with Gasteiger partial charge in [0.25, 0.3) is 5.91 Å². The number of hydrogen-bond donors (Lipinski definition) is 0. The molecule has 4 rings (SSSR count). The number of carbonyl (C=O) groups is 1. The fraction of sp³-hybridized carbons (Fsp3) is 0.0800. The van der Waals surface area contributed by atoms with Crippen LogP contribution in [0.4, 0.5) is 11.4 Å². The van der Waals surface area contributed by atoms with Gasteiger partial charge in [-0.25, -0.2) is 4.99 Å². The van der Waals surface area contributed by atoms with Crippen molar-refractivity contribution in [3.05, 3.63) is 89.3 Å². The van der Waals surface area contributed by atoms with Gasteiger partial charge in [0.2, 0.25) is 0 Å². The third-order valence-electron chi connectivity index (χ3n) is 4.58. The van der Waals surface area contributed by atoms with Crippen LogP contribution in [0.15, 0.2) is 88.8 Å². The largest absolute Gasteiger partial charge is 0.493 e. The average molecular weight is 442 g/mol. The van der Waals surface area contributed by atoms with E-state index < -0.39 is 0 Å². The molecule has 0 saturated carbocycles. The number of methoxy groups -OCH3 is 1. The maximum Gasteiger partial charge on any atom is 0.271 e. The van der Waals surface area contributed by atoms with E-state index in [1.807, 2.05) is 72.8 Å². The molecular weight excluding hydrogens is 422 g/mol. The number of aliphatic imine (C=N–C) groups is 1. The van der Waals surface area contributed by atoms with Gasteiger partial charge in [0.15, 0.2) is 23.3 Å². The zero-order valence-corrected chi connectivity index (χ0v) is 18.1. The number of benzene rings is 3. The highest BCUT2D eigenvalue weighted by Gasteiger charge is 2.34. The Balaban J connectivity index is 1.71. The smallest absolute Gasteiger partial charge is 0.271 e. The molecule has 1 aliphatic heterocycles. The van der Waals surface area contributed by atoms with Crippen molar-refractivity contribution in [1.82, 2.24) is 0 Å². The highest BCUT2D eigenvalue weighted by Crippen LogP contribution is 2.38. The van der Waals surface area contributed by atoms with Crippen molar-refractivity contribution in [2.45, 2.75) is 0 Å². The number of rotatable bonds is 6. The fourth-order valence-corrected chi connectivity index (χ4v) is 4.12. The predicted octanol–water partition coefficient (Wildman–Crippen LogP) is 5.41. The lowest BCUT2D eigenvalue weighted by Gasteiger charge is -2.15. The first-order chi connectivity index (χ1) is 15.7. The van der Waals surface area contributed by atoms with Crippen molar-refractivity contribution in [1.29, 1.82) is 5.26 Å². The summed E-state index contributed by atoms with van der Waals surface area (Å²) in [6, 6.07) is 26.2. The number of hydrogen-bond acceptors (Lipinski definition) is 6. The molecule has 0 atom stereocenters. The minimum Gasteiger partial charge on any atom is -0.493 e. The molecule has 3 aromatic rings. The molecule has 3 aromatic carbocycles. The van der Waals surface area contributed by atoms with Gasteiger partial charge in [-0.3, -0.25) is 9.69 Å². The van der Waals surface area contributed by atoms with Crippen LogP contribution in [0.2, 0.25) is 0 Å². The summed E-state index contributed by atoms with van der Waals surface area (Å²) in [5, 5.41) is 9.32. The zero-order valence-electron chi connectivity index (χ0n) is 17.3. The van der Waals surface area contributed by atoms with E-state index in [1.165, 1.54) is 18.9 Å². The zero-order chi connectivity index (χ0) is 22.3. The van der Waals surface area contributed by atoms with Gasteiger partial charge < -0.3 is 9.47 Å². The topological polar surface area (TPSA) is 74.9 Å². The van der Waals surface area contributed by atoms with Gasteiger partial charge >= 0.3 is 0 Å². The molecule has 1 saturated heterocycles. The standard InChI is InChI=1S/C25H19N3O3S/c1-30-22-16-18(12-13-21(22)31-15-14-26)17-23-24(29)28(20-10-6-3-7-11-20)25(32-23)27-19-8-4-2-5-9-19/h2-13,16-17H,15H2,1H3/b23-17-,27-25?. The molecule has 7 heteroatoms. The van der Waals surface area contributed by atoms with Crippen LogP contribution in [0.25, 0.3) is 6.08 Å². The lowest BCUT2D eigenvalue weighted by molar-refractivity contribution is -0.113. The maximum absolute atomic E-state index is 13.3. The van der Waals surface area contributed by atoms with Gasteiger partial charge in [0.05, 0.1) is 23.4 Å². The minimum absolute atomic E-state index is 0.0729. The van der Waals surface area contributed by atoms with Crippen molar-refractivity contribution < 1.29 is 14.3 Å². The molecule has 0 N–H and O–H groups in total. The summed E-state index contributed by atoms with van der Waals surface area (Å²) in [6.07, 6.45) is 1.80. The van der Waals surface area contributed by atoms with Gasteiger partial charge in [-0.15, -0.1) is 0 Å². The second-order valence-electron chi connectivity index (χ2n) is 6.67. The maximum atomic E-state index is 13.3. The predicted molar refractivity (Wildman–Crippen MR) is 127 cm³/mol. The van der Waals surface area contributed by atoms with Crippen molar-refractivity contribution in [2.24, 2.45) is 4.99 Å². The average Bonchev–Trinajstić information content (AvgIpc) is 3.13. The van der Waals surface area contributed by atoms with Crippen LogP contribution in [-0.4, -0.2) is 24.8 Å². The first-order valence-electron chi connectivity index (χ1n) is 9.80. The van der Waals surface area contributed by atoms with E-state index in [-0.39, 0.29) is 12.5 Å². The monoisotopic (exact) mass is 441 g/mol. The van der Waals surface area contributed by atoms with Gasteiger partial charge in [-0.2, -0.15) is 5.26 Å². The molecule has 0 bridgehead atoms. The normalized spacial score (nSPS) is 15.8. The van der Waals surface area contributed by atoms with E-state index in [9.17, 15) is 4.79 Å². The van der Waals surface area contributed by atoms with Crippen LogP contribution in [0.3, 0.4) is 0 Å². The summed E-state index contributed by atoms with van der Waals surface area (Å²) in [5.41, 5.74) is 2.29. The molecule has 1 fully saturated rings. The molecule has 6 nitrogen and oxygen atoms in total. The number of nitriles is 1. The number of carbonyl (C=O) groups excluding carboxylic acids is 1. The second kappa shape index (κ2) is 9.86. The quantitative estimate of drug-likeness (QED) is 0.479. The third-order valence-corrected chi connectivity index (χ3v) is 5.55. The molecular formula is C25H19N3O3S. The van der Waals surface area contributed by atoms with E-state index in [0.717, 1.165) is 16.9 Å². The van der Waals surface area contributed by atoms with Crippen molar-refractivity contribution in [3.63, 3.8) is 0 Å². The molecule has 1 heterocycles. The summed E-state index contributed by atoms with van der Waals surface area (Å²) in [5.74, 6) is 0.807. The Labute approximate surface area is 190 Å². The van der Waals surface area contributed by atoms with Gasteiger partial charge in [-0.05, 0) is 59.8 Å². The molecule has 0 aliphatic carbocycles. The van der Waals surface area contributed by atoms with E-state index in [1.54, 1.807) is 23.1 Å². The Morgan fingerprint density at radius 2 is 1.75 bits per heavy atom. The number of ether oxygens (including phenoxy) is 2. The molecule has 1 amide bonds. The van der Waals surface area contributed by atoms with Gasteiger partial charge in [0, 0.05) is 0 Å².